The molecule has 1 aliphatic carbocycles. The number of halogens is 1. The molecule has 5 nitrogen and oxygen atoms in total. The van der Waals surface area contributed by atoms with Crippen molar-refractivity contribution in [3.63, 3.8) is 0 Å². The molecule has 6 heteroatoms. The lowest BCUT2D eigenvalue weighted by Crippen LogP contribution is -2.55. The van der Waals surface area contributed by atoms with Crippen LogP contribution in [0, 0.1) is 11.7 Å². The Morgan fingerprint density at radius 2 is 2.09 bits per heavy atom. The number of hydrogen-bond donors (Lipinski definition) is 3. The number of carbonyl (C=O) groups is 1. The van der Waals surface area contributed by atoms with Crippen molar-refractivity contribution in [1.82, 2.24) is 10.6 Å². The van der Waals surface area contributed by atoms with E-state index >= 15 is 0 Å². The summed E-state index contributed by atoms with van der Waals surface area (Å²) in [5.41, 5.74) is -0.564. The fraction of sp³-hybridized carbons (Fsp3) is 0.562. The van der Waals surface area contributed by atoms with Crippen molar-refractivity contribution in [3.8, 4) is 5.75 Å². The molecule has 0 saturated heterocycles. The summed E-state index contributed by atoms with van der Waals surface area (Å²) in [6, 6.07) is 5.41. The van der Waals surface area contributed by atoms with E-state index in [9.17, 15) is 14.3 Å². The molecule has 122 valence electrons. The number of rotatable bonds is 7. The standard InChI is InChI=1S/C16H23FN2O3/c1-11(22-14-7-5-13(17)6-8-14)9-18-15(21)19-16(2,10-20)12-3-4-12/h5-8,11-12,20H,3-4,9-10H2,1-2H3,(H2,18,19,21). The molecule has 2 rings (SSSR count). The largest absolute Gasteiger partial charge is 0.489 e. The molecule has 1 aromatic carbocycles. The average molecular weight is 310 g/mol. The Labute approximate surface area is 129 Å². The first-order valence-electron chi connectivity index (χ1n) is 7.52. The second-order valence-corrected chi connectivity index (χ2v) is 6.07. The van der Waals surface area contributed by atoms with Crippen LogP contribution >= 0.6 is 0 Å². The zero-order valence-corrected chi connectivity index (χ0v) is 12.9. The number of ether oxygens (including phenoxy) is 1. The van der Waals surface area contributed by atoms with Gasteiger partial charge in [-0.1, -0.05) is 0 Å². The highest BCUT2D eigenvalue weighted by Gasteiger charge is 2.42. The molecular weight excluding hydrogens is 287 g/mol. The first-order chi connectivity index (χ1) is 10.4. The lowest BCUT2D eigenvalue weighted by Gasteiger charge is -2.29. The van der Waals surface area contributed by atoms with Gasteiger partial charge in [0.25, 0.3) is 0 Å². The van der Waals surface area contributed by atoms with Crippen LogP contribution in [0.3, 0.4) is 0 Å². The van der Waals surface area contributed by atoms with Crippen LogP contribution in [0.4, 0.5) is 9.18 Å². The number of benzene rings is 1. The maximum atomic E-state index is 12.8. The molecule has 0 aliphatic heterocycles. The normalized spacial score (nSPS) is 18.2. The summed E-state index contributed by atoms with van der Waals surface area (Å²) in [7, 11) is 0. The first kappa shape index (κ1) is 16.5. The van der Waals surface area contributed by atoms with Gasteiger partial charge < -0.3 is 20.5 Å². The third-order valence-corrected chi connectivity index (χ3v) is 3.91. The van der Waals surface area contributed by atoms with Gasteiger partial charge in [0.2, 0.25) is 0 Å². The van der Waals surface area contributed by atoms with Crippen LogP contribution in [0.1, 0.15) is 26.7 Å². The van der Waals surface area contributed by atoms with Gasteiger partial charge in [-0.2, -0.15) is 0 Å². The molecule has 1 saturated carbocycles. The van der Waals surface area contributed by atoms with Gasteiger partial charge in [0.15, 0.2) is 0 Å². The van der Waals surface area contributed by atoms with Gasteiger partial charge in [-0.05, 0) is 56.9 Å². The van der Waals surface area contributed by atoms with E-state index in [-0.39, 0.29) is 24.6 Å². The van der Waals surface area contributed by atoms with Crippen LogP contribution in [0.25, 0.3) is 0 Å². The first-order valence-corrected chi connectivity index (χ1v) is 7.52. The summed E-state index contributed by atoms with van der Waals surface area (Å²) in [6.07, 6.45) is 1.81. The lowest BCUT2D eigenvalue weighted by molar-refractivity contribution is 0.152. The Morgan fingerprint density at radius 3 is 2.64 bits per heavy atom. The molecule has 3 N–H and O–H groups in total. The van der Waals surface area contributed by atoms with E-state index in [1.54, 1.807) is 12.1 Å². The minimum Gasteiger partial charge on any atom is -0.489 e. The molecule has 1 fully saturated rings. The molecule has 2 amide bonds. The predicted molar refractivity (Wildman–Crippen MR) is 81.2 cm³/mol. The maximum absolute atomic E-state index is 12.8. The van der Waals surface area contributed by atoms with Crippen LogP contribution < -0.4 is 15.4 Å². The van der Waals surface area contributed by atoms with E-state index in [4.69, 9.17) is 4.74 Å². The van der Waals surface area contributed by atoms with Gasteiger partial charge in [0.05, 0.1) is 18.7 Å². The summed E-state index contributed by atoms with van der Waals surface area (Å²) in [5, 5.41) is 15.0. The van der Waals surface area contributed by atoms with Gasteiger partial charge in [-0.15, -0.1) is 0 Å². The topological polar surface area (TPSA) is 70.6 Å². The van der Waals surface area contributed by atoms with E-state index in [0.717, 1.165) is 12.8 Å². The van der Waals surface area contributed by atoms with Gasteiger partial charge in [0.1, 0.15) is 17.7 Å². The van der Waals surface area contributed by atoms with Crippen molar-refractivity contribution >= 4 is 6.03 Å². The summed E-state index contributed by atoms with van der Waals surface area (Å²) < 4.78 is 18.4. The molecule has 22 heavy (non-hydrogen) atoms. The van der Waals surface area contributed by atoms with Gasteiger partial charge >= 0.3 is 6.03 Å². The van der Waals surface area contributed by atoms with Crippen molar-refractivity contribution in [2.45, 2.75) is 38.3 Å². The third kappa shape index (κ3) is 4.59. The number of carbonyl (C=O) groups excluding carboxylic acids is 1. The van der Waals surface area contributed by atoms with Gasteiger partial charge in [-0.25, -0.2) is 9.18 Å². The van der Waals surface area contributed by atoms with Crippen LogP contribution in [-0.4, -0.2) is 35.9 Å². The lowest BCUT2D eigenvalue weighted by atomic mass is 9.97. The van der Waals surface area contributed by atoms with Crippen LogP contribution in [0.5, 0.6) is 5.75 Å². The highest BCUT2D eigenvalue weighted by atomic mass is 19.1. The Balaban J connectivity index is 1.74. The summed E-state index contributed by atoms with van der Waals surface area (Å²) in [6.45, 7) is 3.90. The highest BCUT2D eigenvalue weighted by Crippen LogP contribution is 2.39. The zero-order valence-electron chi connectivity index (χ0n) is 12.9. The van der Waals surface area contributed by atoms with Crippen molar-refractivity contribution < 1.29 is 19.0 Å². The van der Waals surface area contributed by atoms with Crippen LogP contribution in [-0.2, 0) is 0 Å². The number of amides is 2. The second-order valence-electron chi connectivity index (χ2n) is 6.07. The molecular formula is C16H23FN2O3. The Morgan fingerprint density at radius 1 is 1.45 bits per heavy atom. The summed E-state index contributed by atoms with van der Waals surface area (Å²) in [5.74, 6) is 0.575. The molecule has 0 radical (unpaired) electrons. The minimum absolute atomic E-state index is 0.0767. The van der Waals surface area contributed by atoms with Crippen molar-refractivity contribution in [2.24, 2.45) is 5.92 Å². The molecule has 1 aliphatic rings. The molecule has 0 spiro atoms. The van der Waals surface area contributed by atoms with Crippen molar-refractivity contribution in [2.75, 3.05) is 13.2 Å². The van der Waals surface area contributed by atoms with Crippen molar-refractivity contribution in [3.05, 3.63) is 30.1 Å². The summed E-state index contributed by atoms with van der Waals surface area (Å²) >= 11 is 0. The van der Waals surface area contributed by atoms with E-state index < -0.39 is 5.54 Å². The number of urea groups is 1. The number of aliphatic hydroxyl groups excluding tert-OH is 1. The number of aliphatic hydroxyl groups is 1. The Kier molecular flexibility index (Phi) is 5.24. The average Bonchev–Trinajstić information content (AvgIpc) is 3.32. The van der Waals surface area contributed by atoms with E-state index in [1.165, 1.54) is 12.1 Å². The van der Waals surface area contributed by atoms with E-state index in [0.29, 0.717) is 18.2 Å². The zero-order chi connectivity index (χ0) is 16.2. The second kappa shape index (κ2) is 6.96. The molecule has 0 bridgehead atoms. The maximum Gasteiger partial charge on any atom is 0.315 e. The number of nitrogens with one attached hydrogen (secondary N) is 2. The smallest absolute Gasteiger partial charge is 0.315 e. The molecule has 0 aromatic heterocycles. The monoisotopic (exact) mass is 310 g/mol. The van der Waals surface area contributed by atoms with Crippen LogP contribution in [0.2, 0.25) is 0 Å². The van der Waals surface area contributed by atoms with Gasteiger partial charge in [0, 0.05) is 0 Å². The van der Waals surface area contributed by atoms with Crippen LogP contribution in [0.15, 0.2) is 24.3 Å². The fourth-order valence-corrected chi connectivity index (χ4v) is 2.32. The Bertz CT molecular complexity index is 505. The van der Waals surface area contributed by atoms with Gasteiger partial charge in [-0.3, -0.25) is 0 Å². The van der Waals surface area contributed by atoms with Crippen molar-refractivity contribution in [1.29, 1.82) is 0 Å². The molecule has 1 aromatic rings. The fourth-order valence-electron chi connectivity index (χ4n) is 2.32. The molecule has 2 unspecified atom stereocenters. The highest BCUT2D eigenvalue weighted by molar-refractivity contribution is 5.74. The number of hydrogen-bond acceptors (Lipinski definition) is 3. The quantitative estimate of drug-likeness (QED) is 0.722. The molecule has 2 atom stereocenters. The minimum atomic E-state index is -0.564. The predicted octanol–water partition coefficient (Wildman–Crippen LogP) is 2.05. The van der Waals surface area contributed by atoms with E-state index in [1.807, 2.05) is 13.8 Å². The summed E-state index contributed by atoms with van der Waals surface area (Å²) in [4.78, 5) is 11.9. The van der Waals surface area contributed by atoms with E-state index in [2.05, 4.69) is 10.6 Å². The SMILES string of the molecule is CC(CNC(=O)NC(C)(CO)C1CC1)Oc1ccc(F)cc1. The Hall–Kier alpha value is -1.82. The third-order valence-electron chi connectivity index (χ3n) is 3.91. The molecule has 0 heterocycles.